The second-order valence-corrected chi connectivity index (χ2v) is 6.42. The minimum absolute atomic E-state index is 0.0278. The van der Waals surface area contributed by atoms with Crippen LogP contribution < -0.4 is 20.6 Å². The molecule has 0 bridgehead atoms. The molecule has 3 aromatic rings. The minimum Gasteiger partial charge on any atom is -0.493 e. The first kappa shape index (κ1) is 19.3. The van der Waals surface area contributed by atoms with Crippen LogP contribution in [0.1, 0.15) is 23.0 Å². The quantitative estimate of drug-likeness (QED) is 0.470. The van der Waals surface area contributed by atoms with Crippen LogP contribution in [0.4, 0.5) is 0 Å². The molecule has 0 saturated heterocycles. The van der Waals surface area contributed by atoms with Crippen LogP contribution in [0.15, 0.2) is 51.7 Å². The van der Waals surface area contributed by atoms with Crippen LogP contribution in [-0.4, -0.2) is 35.8 Å². The van der Waals surface area contributed by atoms with Crippen molar-refractivity contribution in [2.75, 3.05) is 13.7 Å². The molecule has 0 aliphatic carbocycles. The van der Waals surface area contributed by atoms with Gasteiger partial charge in [-0.3, -0.25) is 4.79 Å². The summed E-state index contributed by atoms with van der Waals surface area (Å²) in [6.45, 7) is 2.31. The molecule has 0 atom stereocenters. The number of benzene rings is 1. The Balaban J connectivity index is 1.79. The predicted octanol–water partition coefficient (Wildman–Crippen LogP) is 2.67. The van der Waals surface area contributed by atoms with Crippen molar-refractivity contribution in [3.05, 3.63) is 63.5 Å². The molecule has 2 aromatic heterocycles. The van der Waals surface area contributed by atoms with Gasteiger partial charge in [-0.05, 0) is 36.6 Å². The number of hydrogen-bond acceptors (Lipinski definition) is 7. The van der Waals surface area contributed by atoms with Gasteiger partial charge < -0.3 is 14.5 Å². The molecule has 144 valence electrons. The molecule has 2 heterocycles. The Morgan fingerprint density at radius 3 is 2.93 bits per heavy atom. The summed E-state index contributed by atoms with van der Waals surface area (Å²) < 4.78 is 10.9. The van der Waals surface area contributed by atoms with Gasteiger partial charge in [-0.15, -0.1) is 11.3 Å². The van der Waals surface area contributed by atoms with E-state index in [-0.39, 0.29) is 5.69 Å². The Morgan fingerprint density at radius 1 is 1.36 bits per heavy atom. The molecule has 0 unspecified atom stereocenters. The van der Waals surface area contributed by atoms with E-state index in [4.69, 9.17) is 9.47 Å². The van der Waals surface area contributed by atoms with E-state index in [0.29, 0.717) is 29.4 Å². The van der Waals surface area contributed by atoms with E-state index >= 15 is 0 Å². The maximum atomic E-state index is 12.3. The van der Waals surface area contributed by atoms with Crippen LogP contribution in [-0.2, 0) is 0 Å². The molecule has 0 aliphatic rings. The van der Waals surface area contributed by atoms with E-state index in [9.17, 15) is 9.59 Å². The standard InChI is InChI=1S/C19H18N4O4S/c1-3-27-17-12(6-4-7-15(17)26-2)11-20-23-18(24)14-10-13(21-19(25)22-14)16-8-5-9-28-16/h4-11H,3H2,1-2H3,(H,23,24)(H,21,22,25)/b20-11+. The third-order valence-corrected chi connectivity index (χ3v) is 4.55. The smallest absolute Gasteiger partial charge is 0.346 e. The van der Waals surface area contributed by atoms with Crippen molar-refractivity contribution >= 4 is 23.5 Å². The number of carbonyl (C=O) groups is 1. The number of aromatic nitrogens is 2. The van der Waals surface area contributed by atoms with Gasteiger partial charge in [-0.2, -0.15) is 10.1 Å². The van der Waals surface area contributed by atoms with Crippen LogP contribution >= 0.6 is 11.3 Å². The highest BCUT2D eigenvalue weighted by Gasteiger charge is 2.12. The topological polar surface area (TPSA) is 106 Å². The number of ether oxygens (including phenoxy) is 2. The van der Waals surface area contributed by atoms with Gasteiger partial charge in [0.1, 0.15) is 5.69 Å². The number of para-hydroxylation sites is 1. The number of hydrazone groups is 1. The maximum absolute atomic E-state index is 12.3. The number of methoxy groups -OCH3 is 1. The normalized spacial score (nSPS) is 10.8. The molecule has 0 aliphatic heterocycles. The third kappa shape index (κ3) is 4.44. The molecule has 0 fully saturated rings. The van der Waals surface area contributed by atoms with Crippen molar-refractivity contribution in [2.45, 2.75) is 6.92 Å². The lowest BCUT2D eigenvalue weighted by Gasteiger charge is -2.11. The molecule has 8 nitrogen and oxygen atoms in total. The molecule has 9 heteroatoms. The zero-order valence-electron chi connectivity index (χ0n) is 15.3. The highest BCUT2D eigenvalue weighted by molar-refractivity contribution is 7.13. The first-order chi connectivity index (χ1) is 13.6. The van der Waals surface area contributed by atoms with Gasteiger partial charge in [0, 0.05) is 5.56 Å². The first-order valence-electron chi connectivity index (χ1n) is 8.40. The molecule has 1 amide bonds. The molecule has 2 N–H and O–H groups in total. The second kappa shape index (κ2) is 8.96. The summed E-state index contributed by atoms with van der Waals surface area (Å²) in [5.41, 5.74) is 2.91. The van der Waals surface area contributed by atoms with Gasteiger partial charge >= 0.3 is 5.69 Å². The zero-order chi connectivity index (χ0) is 19.9. The number of thiophene rings is 1. The number of carbonyl (C=O) groups excluding carboxylic acids is 1. The van der Waals surface area contributed by atoms with E-state index in [0.717, 1.165) is 4.88 Å². The summed E-state index contributed by atoms with van der Waals surface area (Å²) in [5.74, 6) is 0.495. The first-order valence-corrected chi connectivity index (χ1v) is 9.28. The van der Waals surface area contributed by atoms with Crippen molar-refractivity contribution < 1.29 is 14.3 Å². The average Bonchev–Trinajstić information content (AvgIpc) is 3.23. The van der Waals surface area contributed by atoms with Gasteiger partial charge in [0.05, 0.1) is 30.5 Å². The fraction of sp³-hybridized carbons (Fsp3) is 0.158. The number of aromatic amines is 1. The lowest BCUT2D eigenvalue weighted by Crippen LogP contribution is -2.24. The Hall–Kier alpha value is -3.46. The highest BCUT2D eigenvalue weighted by Crippen LogP contribution is 2.29. The molecule has 3 rings (SSSR count). The largest absolute Gasteiger partial charge is 0.493 e. The summed E-state index contributed by atoms with van der Waals surface area (Å²) in [5, 5.41) is 5.83. The van der Waals surface area contributed by atoms with Gasteiger partial charge in [0.25, 0.3) is 5.91 Å². The number of H-pyrrole nitrogens is 1. The van der Waals surface area contributed by atoms with Crippen molar-refractivity contribution in [2.24, 2.45) is 5.10 Å². The third-order valence-electron chi connectivity index (χ3n) is 3.65. The van der Waals surface area contributed by atoms with Crippen molar-refractivity contribution in [1.29, 1.82) is 0 Å². The van der Waals surface area contributed by atoms with E-state index in [2.05, 4.69) is 20.5 Å². The summed E-state index contributed by atoms with van der Waals surface area (Å²) >= 11 is 1.44. The summed E-state index contributed by atoms with van der Waals surface area (Å²) in [6, 6.07) is 10.5. The monoisotopic (exact) mass is 398 g/mol. The molecule has 0 radical (unpaired) electrons. The highest BCUT2D eigenvalue weighted by atomic mass is 32.1. The summed E-state index contributed by atoms with van der Waals surface area (Å²) in [7, 11) is 1.55. The summed E-state index contributed by atoms with van der Waals surface area (Å²) in [6.07, 6.45) is 1.44. The number of hydrogen-bond donors (Lipinski definition) is 2. The van der Waals surface area contributed by atoms with E-state index in [1.807, 2.05) is 24.4 Å². The van der Waals surface area contributed by atoms with Gasteiger partial charge in [-0.1, -0.05) is 12.1 Å². The van der Waals surface area contributed by atoms with E-state index in [1.165, 1.54) is 23.6 Å². The predicted molar refractivity (Wildman–Crippen MR) is 107 cm³/mol. The number of rotatable bonds is 7. The second-order valence-electron chi connectivity index (χ2n) is 5.47. The fourth-order valence-corrected chi connectivity index (χ4v) is 3.15. The van der Waals surface area contributed by atoms with Gasteiger partial charge in [0.15, 0.2) is 11.5 Å². The van der Waals surface area contributed by atoms with E-state index < -0.39 is 11.6 Å². The van der Waals surface area contributed by atoms with Crippen LogP contribution in [0.3, 0.4) is 0 Å². The van der Waals surface area contributed by atoms with Crippen LogP contribution in [0.25, 0.3) is 10.6 Å². The zero-order valence-corrected chi connectivity index (χ0v) is 16.1. The number of nitrogens with zero attached hydrogens (tertiary/aromatic N) is 2. The Morgan fingerprint density at radius 2 is 2.21 bits per heavy atom. The molecule has 28 heavy (non-hydrogen) atoms. The van der Waals surface area contributed by atoms with Gasteiger partial charge in [-0.25, -0.2) is 10.2 Å². The minimum atomic E-state index is -0.605. The Kier molecular flexibility index (Phi) is 6.18. The van der Waals surface area contributed by atoms with Gasteiger partial charge in [0.2, 0.25) is 0 Å². The molecular formula is C19H18N4O4S. The Labute approximate surface area is 164 Å². The number of nitrogens with one attached hydrogen (secondary N) is 2. The number of amides is 1. The van der Waals surface area contributed by atoms with Crippen molar-refractivity contribution in [3.63, 3.8) is 0 Å². The summed E-state index contributed by atoms with van der Waals surface area (Å²) in [4.78, 5) is 31.3. The molecule has 0 saturated carbocycles. The average molecular weight is 398 g/mol. The van der Waals surface area contributed by atoms with Crippen molar-refractivity contribution in [1.82, 2.24) is 15.4 Å². The van der Waals surface area contributed by atoms with E-state index in [1.54, 1.807) is 25.3 Å². The maximum Gasteiger partial charge on any atom is 0.346 e. The van der Waals surface area contributed by atoms with Crippen LogP contribution in [0.5, 0.6) is 11.5 Å². The lowest BCUT2D eigenvalue weighted by molar-refractivity contribution is 0.0949. The molecule has 0 spiro atoms. The lowest BCUT2D eigenvalue weighted by atomic mass is 10.2. The van der Waals surface area contributed by atoms with Crippen LogP contribution in [0.2, 0.25) is 0 Å². The SMILES string of the molecule is CCOc1c(/C=N/NC(=O)c2cc(-c3cccs3)[nH]c(=O)n2)cccc1OC. The molecular weight excluding hydrogens is 380 g/mol. The fourth-order valence-electron chi connectivity index (χ4n) is 2.45. The Bertz CT molecular complexity index is 1040. The van der Waals surface area contributed by atoms with Crippen molar-refractivity contribution in [3.8, 4) is 22.1 Å². The molecule has 1 aromatic carbocycles. The van der Waals surface area contributed by atoms with Crippen LogP contribution in [0, 0.1) is 0 Å².